The summed E-state index contributed by atoms with van der Waals surface area (Å²) in [5.74, 6) is 1.81. The highest BCUT2D eigenvalue weighted by Gasteiger charge is 2.18. The van der Waals surface area contributed by atoms with Gasteiger partial charge in [0.2, 0.25) is 5.91 Å². The summed E-state index contributed by atoms with van der Waals surface area (Å²) in [5.41, 5.74) is 2.99. The fourth-order valence-electron chi connectivity index (χ4n) is 3.11. The van der Waals surface area contributed by atoms with Gasteiger partial charge < -0.3 is 9.32 Å². The lowest BCUT2D eigenvalue weighted by molar-refractivity contribution is -0.115. The van der Waals surface area contributed by atoms with Crippen LogP contribution in [0.1, 0.15) is 11.3 Å². The first-order valence-corrected chi connectivity index (χ1v) is 10.6. The maximum Gasteiger partial charge on any atom is 0.237 e. The molecule has 0 N–H and O–H groups in total. The maximum atomic E-state index is 12.7. The van der Waals surface area contributed by atoms with Gasteiger partial charge in [-0.25, -0.2) is 0 Å². The van der Waals surface area contributed by atoms with E-state index < -0.39 is 0 Å². The van der Waals surface area contributed by atoms with Crippen LogP contribution in [0.3, 0.4) is 0 Å². The molecule has 0 saturated heterocycles. The van der Waals surface area contributed by atoms with E-state index in [9.17, 15) is 4.79 Å². The Morgan fingerprint density at radius 3 is 2.63 bits per heavy atom. The van der Waals surface area contributed by atoms with Crippen molar-refractivity contribution in [3.05, 3.63) is 84.3 Å². The standard InChI is InChI=1S/C23H22N4O2S/c1-17-8-6-9-18(14-17)22-24-25-23(27(22)15-20-12-7-13-29-20)30-16-21(28)26(2)19-10-4-3-5-11-19/h3-14H,15-16H2,1-2H3. The van der Waals surface area contributed by atoms with Crippen LogP contribution in [0.5, 0.6) is 0 Å². The van der Waals surface area contributed by atoms with Gasteiger partial charge in [0.15, 0.2) is 11.0 Å². The number of amides is 1. The SMILES string of the molecule is Cc1cccc(-c2nnc(SCC(=O)N(C)c3ccccc3)n2Cc2ccco2)c1. The van der Waals surface area contributed by atoms with E-state index in [0.29, 0.717) is 11.7 Å². The van der Waals surface area contributed by atoms with Gasteiger partial charge in [-0.05, 0) is 37.3 Å². The number of hydrogen-bond donors (Lipinski definition) is 0. The molecule has 0 atom stereocenters. The first kappa shape index (κ1) is 20.0. The van der Waals surface area contributed by atoms with Crippen LogP contribution in [0.4, 0.5) is 5.69 Å². The number of furan rings is 1. The lowest BCUT2D eigenvalue weighted by atomic mass is 10.1. The Morgan fingerprint density at radius 1 is 1.07 bits per heavy atom. The third kappa shape index (κ3) is 4.46. The van der Waals surface area contributed by atoms with Crippen molar-refractivity contribution in [2.45, 2.75) is 18.6 Å². The molecule has 30 heavy (non-hydrogen) atoms. The minimum Gasteiger partial charge on any atom is -0.467 e. The first-order chi connectivity index (χ1) is 14.6. The molecule has 0 radical (unpaired) electrons. The summed E-state index contributed by atoms with van der Waals surface area (Å²) in [7, 11) is 1.78. The van der Waals surface area contributed by atoms with Gasteiger partial charge in [-0.2, -0.15) is 0 Å². The molecule has 0 unspecified atom stereocenters. The van der Waals surface area contributed by atoms with Crippen molar-refractivity contribution in [1.82, 2.24) is 14.8 Å². The molecule has 1 amide bonds. The Kier molecular flexibility index (Phi) is 5.99. The molecular weight excluding hydrogens is 396 g/mol. The van der Waals surface area contributed by atoms with Crippen molar-refractivity contribution in [3.8, 4) is 11.4 Å². The van der Waals surface area contributed by atoms with E-state index in [1.54, 1.807) is 18.2 Å². The van der Waals surface area contributed by atoms with Crippen LogP contribution in [-0.2, 0) is 11.3 Å². The van der Waals surface area contributed by atoms with E-state index in [2.05, 4.69) is 16.3 Å². The lowest BCUT2D eigenvalue weighted by Crippen LogP contribution is -2.28. The number of aromatic nitrogens is 3. The van der Waals surface area contributed by atoms with E-state index in [0.717, 1.165) is 28.4 Å². The van der Waals surface area contributed by atoms with Crippen molar-refractivity contribution < 1.29 is 9.21 Å². The van der Waals surface area contributed by atoms with Crippen LogP contribution in [0.25, 0.3) is 11.4 Å². The van der Waals surface area contributed by atoms with Crippen molar-refractivity contribution in [3.63, 3.8) is 0 Å². The molecule has 2 aromatic heterocycles. The fourth-order valence-corrected chi connectivity index (χ4v) is 3.96. The molecule has 0 aliphatic rings. The maximum absolute atomic E-state index is 12.7. The number of hydrogen-bond acceptors (Lipinski definition) is 5. The van der Waals surface area contributed by atoms with Crippen molar-refractivity contribution >= 4 is 23.4 Å². The van der Waals surface area contributed by atoms with Crippen LogP contribution in [0, 0.1) is 6.92 Å². The van der Waals surface area contributed by atoms with Crippen molar-refractivity contribution in [2.24, 2.45) is 0 Å². The van der Waals surface area contributed by atoms with Crippen LogP contribution >= 0.6 is 11.8 Å². The number of nitrogens with zero attached hydrogens (tertiary/aromatic N) is 4. The van der Waals surface area contributed by atoms with Crippen molar-refractivity contribution in [2.75, 3.05) is 17.7 Å². The average Bonchev–Trinajstić information content (AvgIpc) is 3.42. The summed E-state index contributed by atoms with van der Waals surface area (Å²) in [6.45, 7) is 2.54. The predicted molar refractivity (Wildman–Crippen MR) is 119 cm³/mol. The van der Waals surface area contributed by atoms with Crippen LogP contribution in [0.15, 0.2) is 82.6 Å². The highest BCUT2D eigenvalue weighted by molar-refractivity contribution is 7.99. The Bertz CT molecular complexity index is 1120. The zero-order valence-electron chi connectivity index (χ0n) is 16.9. The normalized spacial score (nSPS) is 10.9. The first-order valence-electron chi connectivity index (χ1n) is 9.59. The smallest absolute Gasteiger partial charge is 0.237 e. The number of thioether (sulfide) groups is 1. The molecule has 2 aromatic carbocycles. The number of carbonyl (C=O) groups excluding carboxylic acids is 1. The van der Waals surface area contributed by atoms with Gasteiger partial charge >= 0.3 is 0 Å². The second-order valence-electron chi connectivity index (χ2n) is 6.92. The van der Waals surface area contributed by atoms with Gasteiger partial charge in [-0.15, -0.1) is 10.2 Å². The summed E-state index contributed by atoms with van der Waals surface area (Å²) in [6, 6.07) is 21.5. The molecule has 0 aliphatic heterocycles. The fraction of sp³-hybridized carbons (Fsp3) is 0.174. The van der Waals surface area contributed by atoms with E-state index in [1.807, 2.05) is 72.2 Å². The summed E-state index contributed by atoms with van der Waals surface area (Å²) < 4.78 is 7.53. The zero-order valence-corrected chi connectivity index (χ0v) is 17.7. The van der Waals surface area contributed by atoms with Gasteiger partial charge in [0, 0.05) is 18.3 Å². The monoisotopic (exact) mass is 418 g/mol. The Balaban J connectivity index is 1.57. The number of benzene rings is 2. The van der Waals surface area contributed by atoms with Gasteiger partial charge in [-0.1, -0.05) is 53.7 Å². The van der Waals surface area contributed by atoms with E-state index in [1.165, 1.54) is 11.8 Å². The third-order valence-corrected chi connectivity index (χ3v) is 5.68. The zero-order chi connectivity index (χ0) is 20.9. The van der Waals surface area contributed by atoms with Crippen LogP contribution < -0.4 is 4.90 Å². The molecule has 0 spiro atoms. The lowest BCUT2D eigenvalue weighted by Gasteiger charge is -2.17. The Hall–Kier alpha value is -3.32. The highest BCUT2D eigenvalue weighted by atomic mass is 32.2. The van der Waals surface area contributed by atoms with E-state index in [4.69, 9.17) is 4.42 Å². The molecule has 152 valence electrons. The number of carbonyl (C=O) groups is 1. The predicted octanol–water partition coefficient (Wildman–Crippen LogP) is 4.65. The van der Waals surface area contributed by atoms with E-state index in [-0.39, 0.29) is 11.7 Å². The highest BCUT2D eigenvalue weighted by Crippen LogP contribution is 2.26. The van der Waals surface area contributed by atoms with E-state index >= 15 is 0 Å². The number of para-hydroxylation sites is 1. The second kappa shape index (κ2) is 9.00. The quantitative estimate of drug-likeness (QED) is 0.409. The molecule has 2 heterocycles. The molecule has 0 aliphatic carbocycles. The molecule has 0 bridgehead atoms. The Morgan fingerprint density at radius 2 is 1.90 bits per heavy atom. The summed E-state index contributed by atoms with van der Waals surface area (Å²) in [4.78, 5) is 14.4. The minimum absolute atomic E-state index is 0.00384. The van der Waals surface area contributed by atoms with Crippen LogP contribution in [0.2, 0.25) is 0 Å². The Labute approximate surface area is 179 Å². The topological polar surface area (TPSA) is 64.2 Å². The molecule has 6 nitrogen and oxygen atoms in total. The van der Waals surface area contributed by atoms with Gasteiger partial charge in [0.1, 0.15) is 5.76 Å². The van der Waals surface area contributed by atoms with Crippen molar-refractivity contribution in [1.29, 1.82) is 0 Å². The summed E-state index contributed by atoms with van der Waals surface area (Å²) in [6.07, 6.45) is 1.65. The number of rotatable bonds is 7. The molecule has 4 rings (SSSR count). The number of anilines is 1. The molecule has 7 heteroatoms. The van der Waals surface area contributed by atoms with Gasteiger partial charge in [-0.3, -0.25) is 9.36 Å². The second-order valence-corrected chi connectivity index (χ2v) is 7.86. The van der Waals surface area contributed by atoms with Crippen LogP contribution in [-0.4, -0.2) is 33.5 Å². The third-order valence-electron chi connectivity index (χ3n) is 4.73. The minimum atomic E-state index is -0.00384. The van der Waals surface area contributed by atoms with Gasteiger partial charge in [0.25, 0.3) is 0 Å². The van der Waals surface area contributed by atoms with Gasteiger partial charge in [0.05, 0.1) is 18.6 Å². The molecular formula is C23H22N4O2S. The molecule has 4 aromatic rings. The average molecular weight is 419 g/mol. The summed E-state index contributed by atoms with van der Waals surface area (Å²) in [5, 5.41) is 9.46. The summed E-state index contributed by atoms with van der Waals surface area (Å²) >= 11 is 1.38. The largest absolute Gasteiger partial charge is 0.467 e. The molecule has 0 saturated carbocycles. The molecule has 0 fully saturated rings. The number of aryl methyl sites for hydroxylation is 1.